The standard InChI is InChI=1S/C15H18F2O3/c1-10(4-5-18)11-8-13-14(20-7-3-6-19-13)9-12(11)15(2,16)17/h5,8-10H,3-4,6-7H2,1-2H3. The third-order valence-corrected chi connectivity index (χ3v) is 3.37. The zero-order valence-electron chi connectivity index (χ0n) is 11.6. The van der Waals surface area contributed by atoms with E-state index in [2.05, 4.69) is 0 Å². The fraction of sp³-hybridized carbons (Fsp3) is 0.533. The topological polar surface area (TPSA) is 35.5 Å². The van der Waals surface area contributed by atoms with Crippen molar-refractivity contribution < 1.29 is 23.0 Å². The lowest BCUT2D eigenvalue weighted by atomic mass is 9.90. The summed E-state index contributed by atoms with van der Waals surface area (Å²) in [6.45, 7) is 3.55. The summed E-state index contributed by atoms with van der Waals surface area (Å²) in [5, 5.41) is 0. The van der Waals surface area contributed by atoms with Gasteiger partial charge in [0.2, 0.25) is 0 Å². The first-order chi connectivity index (χ1) is 9.43. The number of alkyl halides is 2. The summed E-state index contributed by atoms with van der Waals surface area (Å²) in [6, 6.07) is 2.93. The van der Waals surface area contributed by atoms with Gasteiger partial charge in [0.1, 0.15) is 6.29 Å². The second kappa shape index (κ2) is 5.77. The fourth-order valence-corrected chi connectivity index (χ4v) is 2.28. The molecule has 1 heterocycles. The van der Waals surface area contributed by atoms with E-state index in [4.69, 9.17) is 9.47 Å². The summed E-state index contributed by atoms with van der Waals surface area (Å²) in [5.41, 5.74) is 0.338. The van der Waals surface area contributed by atoms with Gasteiger partial charge in [0.25, 0.3) is 5.92 Å². The Morgan fingerprint density at radius 1 is 1.30 bits per heavy atom. The first-order valence-corrected chi connectivity index (χ1v) is 6.69. The molecule has 5 heteroatoms. The Morgan fingerprint density at radius 3 is 2.45 bits per heavy atom. The van der Waals surface area contributed by atoms with Crippen molar-refractivity contribution in [1.82, 2.24) is 0 Å². The molecule has 0 aliphatic carbocycles. The van der Waals surface area contributed by atoms with Crippen molar-refractivity contribution in [2.45, 2.75) is 38.5 Å². The normalized spacial score (nSPS) is 16.4. The van der Waals surface area contributed by atoms with Gasteiger partial charge >= 0.3 is 0 Å². The van der Waals surface area contributed by atoms with Gasteiger partial charge < -0.3 is 14.3 Å². The van der Waals surface area contributed by atoms with Crippen LogP contribution < -0.4 is 9.47 Å². The lowest BCUT2D eigenvalue weighted by Crippen LogP contribution is -2.13. The van der Waals surface area contributed by atoms with Gasteiger partial charge in [-0.05, 0) is 23.6 Å². The van der Waals surface area contributed by atoms with Gasteiger partial charge in [0.05, 0.1) is 13.2 Å². The van der Waals surface area contributed by atoms with Gasteiger partial charge in [0.15, 0.2) is 11.5 Å². The Hall–Kier alpha value is -1.65. The van der Waals surface area contributed by atoms with E-state index >= 15 is 0 Å². The summed E-state index contributed by atoms with van der Waals surface area (Å²) in [5.74, 6) is -2.45. The Kier molecular flexibility index (Phi) is 4.26. The van der Waals surface area contributed by atoms with Gasteiger partial charge in [-0.25, -0.2) is 8.78 Å². The maximum Gasteiger partial charge on any atom is 0.270 e. The Labute approximate surface area is 116 Å². The number of rotatable bonds is 4. The smallest absolute Gasteiger partial charge is 0.270 e. The second-order valence-corrected chi connectivity index (χ2v) is 5.13. The van der Waals surface area contributed by atoms with Crippen LogP contribution in [-0.2, 0) is 10.7 Å². The van der Waals surface area contributed by atoms with E-state index < -0.39 is 5.92 Å². The van der Waals surface area contributed by atoms with E-state index in [0.717, 1.165) is 13.2 Å². The SMILES string of the molecule is CC(CC=O)c1cc2c(cc1C(C)(F)F)OCCCO2. The van der Waals surface area contributed by atoms with Crippen LogP contribution in [0.2, 0.25) is 0 Å². The molecule has 2 rings (SSSR count). The molecule has 0 bridgehead atoms. The minimum atomic E-state index is -2.99. The van der Waals surface area contributed by atoms with E-state index in [9.17, 15) is 13.6 Å². The Balaban J connectivity index is 2.52. The zero-order chi connectivity index (χ0) is 14.8. The highest BCUT2D eigenvalue weighted by Gasteiger charge is 2.31. The maximum atomic E-state index is 13.8. The minimum Gasteiger partial charge on any atom is -0.490 e. The number of hydrogen-bond donors (Lipinski definition) is 0. The van der Waals surface area contributed by atoms with Crippen LogP contribution in [0.3, 0.4) is 0 Å². The third kappa shape index (κ3) is 3.08. The number of fused-ring (bicyclic) bond motifs is 1. The molecule has 0 saturated carbocycles. The monoisotopic (exact) mass is 284 g/mol. The van der Waals surface area contributed by atoms with Gasteiger partial charge in [-0.2, -0.15) is 0 Å². The molecule has 1 aliphatic rings. The van der Waals surface area contributed by atoms with Gasteiger partial charge in [-0.1, -0.05) is 6.92 Å². The molecule has 0 spiro atoms. The van der Waals surface area contributed by atoms with Gasteiger partial charge in [0, 0.05) is 25.3 Å². The largest absolute Gasteiger partial charge is 0.490 e. The molecule has 0 radical (unpaired) electrons. The Morgan fingerprint density at radius 2 is 1.90 bits per heavy atom. The van der Waals surface area contributed by atoms with Crippen molar-refractivity contribution >= 4 is 6.29 Å². The van der Waals surface area contributed by atoms with E-state index in [1.54, 1.807) is 13.0 Å². The molecule has 1 atom stereocenters. The van der Waals surface area contributed by atoms with Crippen molar-refractivity contribution in [2.75, 3.05) is 13.2 Å². The van der Waals surface area contributed by atoms with Crippen molar-refractivity contribution in [3.8, 4) is 11.5 Å². The van der Waals surface area contributed by atoms with Gasteiger partial charge in [-0.3, -0.25) is 0 Å². The number of carbonyl (C=O) groups is 1. The summed E-state index contributed by atoms with van der Waals surface area (Å²) >= 11 is 0. The fourth-order valence-electron chi connectivity index (χ4n) is 2.28. The molecule has 0 saturated heterocycles. The van der Waals surface area contributed by atoms with E-state index in [1.165, 1.54) is 6.07 Å². The first-order valence-electron chi connectivity index (χ1n) is 6.69. The predicted molar refractivity (Wildman–Crippen MR) is 70.7 cm³/mol. The summed E-state index contributed by atoms with van der Waals surface area (Å²) in [6.07, 6.45) is 1.65. The highest BCUT2D eigenvalue weighted by atomic mass is 19.3. The molecule has 1 aromatic carbocycles. The summed E-state index contributed by atoms with van der Waals surface area (Å²) in [7, 11) is 0. The molecule has 0 aromatic heterocycles. The lowest BCUT2D eigenvalue weighted by Gasteiger charge is -2.21. The molecular weight excluding hydrogens is 266 g/mol. The molecule has 0 fully saturated rings. The van der Waals surface area contributed by atoms with Crippen molar-refractivity contribution in [3.63, 3.8) is 0 Å². The number of ether oxygens (including phenoxy) is 2. The molecule has 0 amide bonds. The van der Waals surface area contributed by atoms with Crippen LogP contribution in [0, 0.1) is 0 Å². The lowest BCUT2D eigenvalue weighted by molar-refractivity contribution is -0.108. The van der Waals surface area contributed by atoms with Crippen LogP contribution >= 0.6 is 0 Å². The predicted octanol–water partition coefficient (Wildman–Crippen LogP) is 3.65. The van der Waals surface area contributed by atoms with Crippen LogP contribution in [0.1, 0.15) is 43.7 Å². The average Bonchev–Trinajstić information content (AvgIpc) is 2.60. The van der Waals surface area contributed by atoms with Crippen LogP contribution in [0.15, 0.2) is 12.1 Å². The van der Waals surface area contributed by atoms with Crippen molar-refractivity contribution in [1.29, 1.82) is 0 Å². The number of benzene rings is 1. The average molecular weight is 284 g/mol. The quantitative estimate of drug-likeness (QED) is 0.792. The Bertz CT molecular complexity index is 495. The highest BCUT2D eigenvalue weighted by Crippen LogP contribution is 2.42. The molecular formula is C15H18F2O3. The summed E-state index contributed by atoms with van der Waals surface area (Å²) < 4.78 is 38.6. The maximum absolute atomic E-state index is 13.8. The molecule has 1 aromatic rings. The second-order valence-electron chi connectivity index (χ2n) is 5.13. The van der Waals surface area contributed by atoms with E-state index in [-0.39, 0.29) is 17.9 Å². The number of carbonyl (C=O) groups excluding carboxylic acids is 1. The number of halogens is 2. The molecule has 1 aliphatic heterocycles. The number of aldehydes is 1. The number of hydrogen-bond acceptors (Lipinski definition) is 3. The minimum absolute atomic E-state index is 0.101. The third-order valence-electron chi connectivity index (χ3n) is 3.37. The van der Waals surface area contributed by atoms with E-state index in [0.29, 0.717) is 36.7 Å². The summed E-state index contributed by atoms with van der Waals surface area (Å²) in [4.78, 5) is 10.6. The van der Waals surface area contributed by atoms with Gasteiger partial charge in [-0.15, -0.1) is 0 Å². The molecule has 0 N–H and O–H groups in total. The molecule has 20 heavy (non-hydrogen) atoms. The first kappa shape index (κ1) is 14.8. The highest BCUT2D eigenvalue weighted by molar-refractivity contribution is 5.55. The van der Waals surface area contributed by atoms with Crippen LogP contribution in [0.25, 0.3) is 0 Å². The van der Waals surface area contributed by atoms with Crippen molar-refractivity contribution in [2.24, 2.45) is 0 Å². The van der Waals surface area contributed by atoms with Crippen LogP contribution in [0.4, 0.5) is 8.78 Å². The molecule has 110 valence electrons. The van der Waals surface area contributed by atoms with Crippen molar-refractivity contribution in [3.05, 3.63) is 23.3 Å². The van der Waals surface area contributed by atoms with Crippen LogP contribution in [-0.4, -0.2) is 19.5 Å². The molecule has 1 unspecified atom stereocenters. The van der Waals surface area contributed by atoms with E-state index in [1.807, 2.05) is 0 Å². The molecule has 3 nitrogen and oxygen atoms in total. The van der Waals surface area contributed by atoms with Crippen LogP contribution in [0.5, 0.6) is 11.5 Å². The zero-order valence-corrected chi connectivity index (χ0v) is 11.6.